The molecule has 1 radical (unpaired) electrons. The van der Waals surface area contributed by atoms with E-state index in [4.69, 9.17) is 9.15 Å². The maximum absolute atomic E-state index is 5.29. The highest BCUT2D eigenvalue weighted by Gasteiger charge is 1.98. The summed E-state index contributed by atoms with van der Waals surface area (Å²) < 4.78 is 10.0. The number of aromatic nitrogens is 1. The molecule has 0 aromatic carbocycles. The average Bonchev–Trinajstić information content (AvgIpc) is 2.74. The van der Waals surface area contributed by atoms with Gasteiger partial charge in [-0.1, -0.05) is 0 Å². The summed E-state index contributed by atoms with van der Waals surface area (Å²) in [6, 6.07) is 1.72. The van der Waals surface area contributed by atoms with Gasteiger partial charge >= 0.3 is 0 Å². The van der Waals surface area contributed by atoms with Crippen LogP contribution in [0.3, 0.4) is 0 Å². The van der Waals surface area contributed by atoms with E-state index in [-0.39, 0.29) is 0 Å². The summed E-state index contributed by atoms with van der Waals surface area (Å²) >= 11 is 1.56. The number of ether oxygens (including phenoxy) is 1. The fourth-order valence-corrected chi connectivity index (χ4v) is 1.29. The summed E-state index contributed by atoms with van der Waals surface area (Å²) in [5.74, 6) is 0.616. The zero-order chi connectivity index (χ0) is 8.23. The third-order valence-electron chi connectivity index (χ3n) is 1.28. The molecule has 12 heavy (non-hydrogen) atoms. The second kappa shape index (κ2) is 3.40. The lowest BCUT2D eigenvalue weighted by Gasteiger charge is -1.97. The van der Waals surface area contributed by atoms with Crippen LogP contribution in [0.2, 0.25) is 0 Å². The summed E-state index contributed by atoms with van der Waals surface area (Å²) in [5.41, 5.74) is 0. The summed E-state index contributed by atoms with van der Waals surface area (Å²) in [6.45, 7) is 0.480. The van der Waals surface area contributed by atoms with Crippen molar-refractivity contribution < 1.29 is 9.15 Å². The van der Waals surface area contributed by atoms with Crippen molar-refractivity contribution in [1.82, 2.24) is 4.98 Å². The van der Waals surface area contributed by atoms with Gasteiger partial charge in [-0.2, -0.15) is 0 Å². The molecule has 2 heterocycles. The first-order chi connectivity index (χ1) is 5.95. The van der Waals surface area contributed by atoms with Crippen LogP contribution in [0.4, 0.5) is 0 Å². The molecule has 0 aliphatic carbocycles. The van der Waals surface area contributed by atoms with Crippen LogP contribution >= 0.6 is 11.3 Å². The third-order valence-corrected chi connectivity index (χ3v) is 2.03. The molecule has 2 rings (SSSR count). The van der Waals surface area contributed by atoms with Crippen LogP contribution in [0.5, 0.6) is 5.75 Å². The molecule has 0 bridgehead atoms. The van der Waals surface area contributed by atoms with Crippen LogP contribution in [0.15, 0.2) is 28.3 Å². The second-order valence-electron chi connectivity index (χ2n) is 2.10. The highest BCUT2D eigenvalue weighted by Crippen LogP contribution is 2.12. The predicted molar refractivity (Wildman–Crippen MR) is 44.0 cm³/mol. The Bertz CT molecular complexity index is 280. The molecule has 3 nitrogen and oxygen atoms in total. The molecule has 0 amide bonds. The smallest absolute Gasteiger partial charge is 0.214 e. The van der Waals surface area contributed by atoms with Crippen LogP contribution in [0.25, 0.3) is 0 Å². The van der Waals surface area contributed by atoms with Gasteiger partial charge in [0.25, 0.3) is 0 Å². The van der Waals surface area contributed by atoms with Gasteiger partial charge < -0.3 is 9.15 Å². The molecular weight excluding hydrogens is 174 g/mol. The van der Waals surface area contributed by atoms with Gasteiger partial charge in [-0.05, 0) is 0 Å². The molecule has 0 fully saturated rings. The van der Waals surface area contributed by atoms with Gasteiger partial charge in [-0.15, -0.1) is 11.3 Å². The van der Waals surface area contributed by atoms with Crippen molar-refractivity contribution in [3.8, 4) is 5.75 Å². The minimum Gasteiger partial charge on any atom is -0.482 e. The Balaban J connectivity index is 1.91. The zero-order valence-corrected chi connectivity index (χ0v) is 7.00. The van der Waals surface area contributed by atoms with Crippen molar-refractivity contribution in [3.05, 3.63) is 35.2 Å². The summed E-state index contributed by atoms with van der Waals surface area (Å²) in [7, 11) is 0. The van der Waals surface area contributed by atoms with Crippen molar-refractivity contribution in [3.63, 3.8) is 0 Å². The maximum atomic E-state index is 5.29. The summed E-state index contributed by atoms with van der Waals surface area (Å²) in [6.07, 6.45) is 5.86. The lowest BCUT2D eigenvalue weighted by Crippen LogP contribution is -1.92. The number of rotatable bonds is 3. The number of nitrogens with zero attached hydrogens (tertiary/aromatic N) is 1. The molecule has 0 saturated heterocycles. The van der Waals surface area contributed by atoms with E-state index in [1.165, 1.54) is 6.26 Å². The largest absolute Gasteiger partial charge is 0.482 e. The molecule has 2 aromatic rings. The van der Waals surface area contributed by atoms with Gasteiger partial charge in [0.05, 0.1) is 6.26 Å². The van der Waals surface area contributed by atoms with Gasteiger partial charge in [0.15, 0.2) is 5.75 Å². The third kappa shape index (κ3) is 1.65. The summed E-state index contributed by atoms with van der Waals surface area (Å²) in [5, 5.41) is 2.86. The standard InChI is InChI=1S/C8H6NO2S/c1-3-10-5-7(1)11-6-8-9-2-4-12-8/h1-4H,6H2. The van der Waals surface area contributed by atoms with Crippen molar-refractivity contribution in [2.24, 2.45) is 0 Å². The predicted octanol–water partition coefficient (Wildman–Crippen LogP) is 2.12. The second-order valence-corrected chi connectivity index (χ2v) is 3.08. The number of furan rings is 1. The molecule has 61 valence electrons. The van der Waals surface area contributed by atoms with Gasteiger partial charge in [-0.25, -0.2) is 4.98 Å². The van der Waals surface area contributed by atoms with E-state index in [1.807, 2.05) is 5.38 Å². The SMILES string of the molecule is [c]1occc1OCc1nccs1. The Morgan fingerprint density at radius 2 is 2.67 bits per heavy atom. The molecular formula is C8H6NO2S. The van der Waals surface area contributed by atoms with Crippen LogP contribution in [0, 0.1) is 6.26 Å². The van der Waals surface area contributed by atoms with Gasteiger partial charge in [-0.3, -0.25) is 0 Å². The highest BCUT2D eigenvalue weighted by molar-refractivity contribution is 7.09. The van der Waals surface area contributed by atoms with E-state index in [0.29, 0.717) is 12.4 Å². The highest BCUT2D eigenvalue weighted by atomic mass is 32.1. The van der Waals surface area contributed by atoms with Crippen molar-refractivity contribution >= 4 is 11.3 Å². The number of hydrogen-bond donors (Lipinski definition) is 0. The molecule has 2 aromatic heterocycles. The Labute approximate surface area is 73.6 Å². The lowest BCUT2D eigenvalue weighted by atomic mass is 10.6. The van der Waals surface area contributed by atoms with Crippen molar-refractivity contribution in [2.45, 2.75) is 6.61 Å². The van der Waals surface area contributed by atoms with Gasteiger partial charge in [0, 0.05) is 17.6 Å². The van der Waals surface area contributed by atoms with Crippen LogP contribution in [-0.4, -0.2) is 4.98 Å². The summed E-state index contributed by atoms with van der Waals surface area (Å²) in [4.78, 5) is 4.06. The van der Waals surface area contributed by atoms with Crippen LogP contribution in [0.1, 0.15) is 5.01 Å². The Morgan fingerprint density at radius 1 is 1.67 bits per heavy atom. The molecule has 4 heteroatoms. The van der Waals surface area contributed by atoms with E-state index in [0.717, 1.165) is 5.01 Å². The van der Waals surface area contributed by atoms with Crippen LogP contribution in [-0.2, 0) is 6.61 Å². The molecule has 0 saturated carbocycles. The minimum absolute atomic E-state index is 0.480. The zero-order valence-electron chi connectivity index (χ0n) is 6.19. The normalized spacial score (nSPS) is 10.0. The first-order valence-electron chi connectivity index (χ1n) is 3.41. The first kappa shape index (κ1) is 7.36. The molecule has 0 aliphatic heterocycles. The fraction of sp³-hybridized carbons (Fsp3) is 0.125. The van der Waals surface area contributed by atoms with E-state index < -0.39 is 0 Å². The van der Waals surface area contributed by atoms with E-state index >= 15 is 0 Å². The molecule has 0 unspecified atom stereocenters. The molecule has 0 N–H and O–H groups in total. The Morgan fingerprint density at radius 3 is 3.33 bits per heavy atom. The first-order valence-corrected chi connectivity index (χ1v) is 4.29. The maximum Gasteiger partial charge on any atom is 0.214 e. The minimum atomic E-state index is 0.480. The van der Waals surface area contributed by atoms with Gasteiger partial charge in [0.1, 0.15) is 11.6 Å². The van der Waals surface area contributed by atoms with Crippen molar-refractivity contribution in [2.75, 3.05) is 0 Å². The lowest BCUT2D eigenvalue weighted by molar-refractivity contribution is 0.300. The van der Waals surface area contributed by atoms with E-state index in [2.05, 4.69) is 11.2 Å². The quantitative estimate of drug-likeness (QED) is 0.725. The van der Waals surface area contributed by atoms with Gasteiger partial charge in [0.2, 0.25) is 6.26 Å². The van der Waals surface area contributed by atoms with E-state index in [9.17, 15) is 0 Å². The molecule has 0 aliphatic rings. The Hall–Kier alpha value is -1.29. The average molecular weight is 180 g/mol. The van der Waals surface area contributed by atoms with E-state index in [1.54, 1.807) is 23.6 Å². The van der Waals surface area contributed by atoms with Crippen molar-refractivity contribution in [1.29, 1.82) is 0 Å². The Kier molecular flexibility index (Phi) is 2.09. The monoisotopic (exact) mass is 180 g/mol. The topological polar surface area (TPSA) is 35.3 Å². The molecule has 0 spiro atoms. The fourth-order valence-electron chi connectivity index (χ4n) is 0.763. The number of thiazole rings is 1. The van der Waals surface area contributed by atoms with Crippen LogP contribution < -0.4 is 4.74 Å². The molecule has 0 atom stereocenters. The number of hydrogen-bond acceptors (Lipinski definition) is 4.